The SMILES string of the molecule is Oc1ccc2cc(C3(c4ccc5c(-c6c(O)ccc7cc(C8(c9ccc%10cc(O)ccc%10c9)c9ccccc9-c9ccccc98)ccc67)c(O)ccc5c4)c4ccccc4-c4ccccc43)ccc2c1. The third-order valence-electron chi connectivity index (χ3n) is 15.5. The molecule has 0 fully saturated rings. The fraction of sp³-hybridized carbons (Fsp3) is 0.0303. The van der Waals surface area contributed by atoms with Gasteiger partial charge in [-0.25, -0.2) is 0 Å². The molecule has 4 heteroatoms. The lowest BCUT2D eigenvalue weighted by Crippen LogP contribution is -2.28. The molecular weight excluding hydrogens is 857 g/mol. The Morgan fingerprint density at radius 2 is 0.529 bits per heavy atom. The van der Waals surface area contributed by atoms with Crippen molar-refractivity contribution in [2.24, 2.45) is 0 Å². The summed E-state index contributed by atoms with van der Waals surface area (Å²) in [6.07, 6.45) is 0. The molecule has 0 radical (unpaired) electrons. The number of aromatic hydroxyl groups is 4. The largest absolute Gasteiger partial charge is 0.508 e. The number of benzene rings is 12. The molecule has 0 unspecified atom stereocenters. The van der Waals surface area contributed by atoms with Crippen molar-refractivity contribution >= 4 is 43.1 Å². The van der Waals surface area contributed by atoms with E-state index in [-0.39, 0.29) is 23.0 Å². The van der Waals surface area contributed by atoms with Gasteiger partial charge < -0.3 is 20.4 Å². The minimum absolute atomic E-state index is 0.0773. The smallest absolute Gasteiger partial charge is 0.124 e. The predicted molar refractivity (Wildman–Crippen MR) is 283 cm³/mol. The Balaban J connectivity index is 0.980. The van der Waals surface area contributed by atoms with Crippen molar-refractivity contribution in [3.05, 3.63) is 275 Å². The van der Waals surface area contributed by atoms with Crippen molar-refractivity contribution in [3.63, 3.8) is 0 Å². The average Bonchev–Trinajstić information content (AvgIpc) is 3.87. The lowest BCUT2D eigenvalue weighted by Gasteiger charge is -2.34. The highest BCUT2D eigenvalue weighted by Crippen LogP contribution is 2.59. The maximum atomic E-state index is 12.0. The fourth-order valence-electron chi connectivity index (χ4n) is 12.6. The number of hydrogen-bond acceptors (Lipinski definition) is 4. The summed E-state index contributed by atoms with van der Waals surface area (Å²) in [5, 5.41) is 52.3. The number of hydrogen-bond donors (Lipinski definition) is 4. The van der Waals surface area contributed by atoms with Crippen LogP contribution in [0.3, 0.4) is 0 Å². The highest BCUT2D eigenvalue weighted by atomic mass is 16.3. The monoisotopic (exact) mass is 898 g/mol. The zero-order chi connectivity index (χ0) is 46.9. The number of phenolic OH excluding ortho intramolecular Hbond substituents is 4. The summed E-state index contributed by atoms with van der Waals surface area (Å²) in [5.74, 6) is 0.620. The molecule has 12 aromatic rings. The minimum atomic E-state index is -0.691. The van der Waals surface area contributed by atoms with Gasteiger partial charge in [0.15, 0.2) is 0 Å². The maximum absolute atomic E-state index is 12.0. The summed E-state index contributed by atoms with van der Waals surface area (Å²) in [4.78, 5) is 0. The van der Waals surface area contributed by atoms with Crippen molar-refractivity contribution in [2.75, 3.05) is 0 Å². The lowest BCUT2D eigenvalue weighted by molar-refractivity contribution is 0.470. The van der Waals surface area contributed by atoms with Crippen LogP contribution in [0.4, 0.5) is 0 Å². The molecule has 0 aliphatic heterocycles. The molecule has 0 saturated heterocycles. The van der Waals surface area contributed by atoms with E-state index in [9.17, 15) is 20.4 Å². The van der Waals surface area contributed by atoms with Crippen LogP contribution in [0, 0.1) is 0 Å². The summed E-state index contributed by atoms with van der Waals surface area (Å²) in [6, 6.07) is 79.4. The molecule has 14 rings (SSSR count). The van der Waals surface area contributed by atoms with Gasteiger partial charge in [-0.1, -0.05) is 170 Å². The van der Waals surface area contributed by atoms with Crippen LogP contribution < -0.4 is 0 Å². The first kappa shape index (κ1) is 40.0. The first-order chi connectivity index (χ1) is 34.3. The Morgan fingerprint density at radius 1 is 0.243 bits per heavy atom. The summed E-state index contributed by atoms with van der Waals surface area (Å²) >= 11 is 0. The number of phenols is 4. The standard InChI is InChI=1S/C66H42O4/c67-49-27-19-39-33-45(23-17-41(39)37-49)65(57-13-5-1-9-53(57)54-10-2-6-14-58(54)65)47-25-29-51-43(35-47)21-31-61(69)63(51)64-52-30-26-48(36-44(52)22-32-62(64)70)66(46-24-18-42-38-50(68)28-20-40(42)34-46)59-15-7-3-11-55(59)56-12-4-8-16-60(56)66/h1-38,67-70H. The summed E-state index contributed by atoms with van der Waals surface area (Å²) in [7, 11) is 0. The van der Waals surface area contributed by atoms with Crippen LogP contribution in [0.1, 0.15) is 44.5 Å². The second kappa shape index (κ2) is 14.7. The predicted octanol–water partition coefficient (Wildman–Crippen LogP) is 15.5. The zero-order valence-electron chi connectivity index (χ0n) is 37.7. The van der Waals surface area contributed by atoms with Gasteiger partial charge in [-0.3, -0.25) is 0 Å². The third-order valence-corrected chi connectivity index (χ3v) is 15.5. The van der Waals surface area contributed by atoms with Crippen molar-refractivity contribution in [3.8, 4) is 56.4 Å². The summed E-state index contributed by atoms with van der Waals surface area (Å²) in [5.41, 5.74) is 13.6. The molecule has 4 nitrogen and oxygen atoms in total. The van der Waals surface area contributed by atoms with Gasteiger partial charge in [-0.15, -0.1) is 0 Å². The van der Waals surface area contributed by atoms with Crippen LogP contribution in [-0.2, 0) is 10.8 Å². The number of fused-ring (bicyclic) bond motifs is 10. The van der Waals surface area contributed by atoms with E-state index >= 15 is 0 Å². The van der Waals surface area contributed by atoms with Crippen molar-refractivity contribution in [2.45, 2.75) is 10.8 Å². The van der Waals surface area contributed by atoms with Gasteiger partial charge >= 0.3 is 0 Å². The third kappa shape index (κ3) is 5.41. The first-order valence-electron chi connectivity index (χ1n) is 23.7. The molecule has 0 amide bonds. The molecule has 12 aromatic carbocycles. The molecule has 0 heterocycles. The van der Waals surface area contributed by atoms with E-state index in [1.165, 1.54) is 44.5 Å². The van der Waals surface area contributed by atoms with E-state index in [2.05, 4.69) is 170 Å². The van der Waals surface area contributed by atoms with Gasteiger partial charge in [-0.05, 0) is 171 Å². The molecule has 0 saturated carbocycles. The normalized spacial score (nSPS) is 13.9. The summed E-state index contributed by atoms with van der Waals surface area (Å²) in [6.45, 7) is 0. The van der Waals surface area contributed by atoms with Crippen LogP contribution in [0.2, 0.25) is 0 Å². The van der Waals surface area contributed by atoms with E-state index in [4.69, 9.17) is 0 Å². The zero-order valence-corrected chi connectivity index (χ0v) is 37.7. The minimum Gasteiger partial charge on any atom is -0.508 e. The molecule has 2 aliphatic rings. The van der Waals surface area contributed by atoms with Crippen LogP contribution in [0.25, 0.3) is 76.5 Å². The summed E-state index contributed by atoms with van der Waals surface area (Å²) < 4.78 is 0. The van der Waals surface area contributed by atoms with Gasteiger partial charge in [0.25, 0.3) is 0 Å². The van der Waals surface area contributed by atoms with E-state index in [0.29, 0.717) is 11.1 Å². The van der Waals surface area contributed by atoms with Crippen molar-refractivity contribution < 1.29 is 20.4 Å². The highest BCUT2D eigenvalue weighted by molar-refractivity contribution is 6.10. The van der Waals surface area contributed by atoms with E-state index in [1.807, 2.05) is 24.3 Å². The fourth-order valence-corrected chi connectivity index (χ4v) is 12.6. The molecule has 0 aromatic heterocycles. The lowest BCUT2D eigenvalue weighted by atomic mass is 9.67. The van der Waals surface area contributed by atoms with Crippen molar-refractivity contribution in [1.82, 2.24) is 0 Å². The Morgan fingerprint density at radius 3 is 0.900 bits per heavy atom. The molecule has 70 heavy (non-hydrogen) atoms. The Labute approximate surface area is 403 Å². The molecule has 4 N–H and O–H groups in total. The highest BCUT2D eigenvalue weighted by Gasteiger charge is 2.47. The van der Waals surface area contributed by atoms with Crippen LogP contribution in [0.5, 0.6) is 23.0 Å². The van der Waals surface area contributed by atoms with Crippen molar-refractivity contribution in [1.29, 1.82) is 0 Å². The maximum Gasteiger partial charge on any atom is 0.124 e. The van der Waals surface area contributed by atoms with E-state index < -0.39 is 10.8 Å². The quantitative estimate of drug-likeness (QED) is 0.139. The topological polar surface area (TPSA) is 80.9 Å². The van der Waals surface area contributed by atoms with Crippen LogP contribution in [-0.4, -0.2) is 20.4 Å². The molecule has 0 spiro atoms. The number of rotatable bonds is 5. The van der Waals surface area contributed by atoms with E-state index in [1.54, 1.807) is 36.4 Å². The van der Waals surface area contributed by atoms with Crippen LogP contribution >= 0.6 is 0 Å². The Bertz CT molecular complexity index is 3840. The Hall–Kier alpha value is -9.12. The van der Waals surface area contributed by atoms with Gasteiger partial charge in [0, 0.05) is 11.1 Å². The van der Waals surface area contributed by atoms with Crippen LogP contribution in [0.15, 0.2) is 231 Å². The van der Waals surface area contributed by atoms with Gasteiger partial charge in [0.1, 0.15) is 23.0 Å². The van der Waals surface area contributed by atoms with E-state index in [0.717, 1.165) is 65.3 Å². The Kier molecular flexibility index (Phi) is 8.39. The molecule has 2 aliphatic carbocycles. The van der Waals surface area contributed by atoms with Gasteiger partial charge in [0.2, 0.25) is 0 Å². The molecule has 330 valence electrons. The second-order valence-corrected chi connectivity index (χ2v) is 19.0. The molecular formula is C66H42O4. The average molecular weight is 899 g/mol. The second-order valence-electron chi connectivity index (χ2n) is 19.0. The molecule has 0 bridgehead atoms. The molecule has 0 atom stereocenters. The van der Waals surface area contributed by atoms with Gasteiger partial charge in [-0.2, -0.15) is 0 Å². The first-order valence-corrected chi connectivity index (χ1v) is 23.7. The van der Waals surface area contributed by atoms with Gasteiger partial charge in [0.05, 0.1) is 10.8 Å².